The molecule has 0 radical (unpaired) electrons. The molecular weight excluding hydrogens is 358 g/mol. The first kappa shape index (κ1) is 17.9. The molecule has 1 amide bonds. The van der Waals surface area contributed by atoms with Crippen LogP contribution >= 0.6 is 11.8 Å². The van der Waals surface area contributed by atoms with E-state index < -0.39 is 0 Å². The Morgan fingerprint density at radius 2 is 2.11 bits per heavy atom. The lowest BCUT2D eigenvalue weighted by Gasteiger charge is -2.41. The maximum absolute atomic E-state index is 12.9. The van der Waals surface area contributed by atoms with E-state index in [4.69, 9.17) is 4.42 Å². The third-order valence-electron chi connectivity index (χ3n) is 5.10. The second-order valence-corrected chi connectivity index (χ2v) is 7.76. The van der Waals surface area contributed by atoms with Crippen molar-refractivity contribution < 1.29 is 9.21 Å². The highest BCUT2D eigenvalue weighted by molar-refractivity contribution is 8.03. The number of allylic oxidation sites excluding steroid dienone is 1. The molecule has 0 saturated carbocycles. The molecule has 0 N–H and O–H groups in total. The van der Waals surface area contributed by atoms with Gasteiger partial charge in [0.25, 0.3) is 0 Å². The van der Waals surface area contributed by atoms with Crippen LogP contribution in [0.1, 0.15) is 36.1 Å². The Balaban J connectivity index is 1.59. The van der Waals surface area contributed by atoms with Crippen molar-refractivity contribution in [3.8, 4) is 6.07 Å². The zero-order chi connectivity index (χ0) is 18.8. The molecule has 3 heterocycles. The summed E-state index contributed by atoms with van der Waals surface area (Å²) in [6.07, 6.45) is 2.98. The minimum absolute atomic E-state index is 0.0743. The van der Waals surface area contributed by atoms with E-state index in [0.29, 0.717) is 25.2 Å². The summed E-state index contributed by atoms with van der Waals surface area (Å²) >= 11 is 1.57. The molecule has 1 atom stereocenters. The van der Waals surface area contributed by atoms with Gasteiger partial charge < -0.3 is 4.42 Å². The first-order valence-corrected chi connectivity index (χ1v) is 10.1. The summed E-state index contributed by atoms with van der Waals surface area (Å²) in [6.45, 7) is 3.27. The van der Waals surface area contributed by atoms with Gasteiger partial charge in [-0.05, 0) is 29.7 Å². The largest absolute Gasteiger partial charge is 0.468 e. The number of aryl methyl sites for hydroxylation is 1. The van der Waals surface area contributed by atoms with Crippen LogP contribution in [0.2, 0.25) is 0 Å². The Morgan fingerprint density at radius 1 is 1.30 bits per heavy atom. The molecule has 0 unspecified atom stereocenters. The van der Waals surface area contributed by atoms with Gasteiger partial charge >= 0.3 is 0 Å². The predicted octanol–water partition coefficient (Wildman–Crippen LogP) is 4.06. The zero-order valence-corrected chi connectivity index (χ0v) is 16.0. The number of rotatable bonds is 4. The van der Waals surface area contributed by atoms with Crippen LogP contribution in [0.4, 0.5) is 0 Å². The molecule has 5 nitrogen and oxygen atoms in total. The molecule has 6 heteroatoms. The Morgan fingerprint density at radius 3 is 2.78 bits per heavy atom. The average Bonchev–Trinajstić information content (AvgIpc) is 3.21. The van der Waals surface area contributed by atoms with Crippen molar-refractivity contribution in [3.63, 3.8) is 0 Å². The van der Waals surface area contributed by atoms with Crippen molar-refractivity contribution in [1.29, 1.82) is 5.26 Å². The predicted molar refractivity (Wildman–Crippen MR) is 104 cm³/mol. The van der Waals surface area contributed by atoms with Crippen molar-refractivity contribution in [1.82, 2.24) is 9.80 Å². The molecule has 0 bridgehead atoms. The number of nitrogens with zero attached hydrogens (tertiary/aromatic N) is 3. The number of hydrogen-bond acceptors (Lipinski definition) is 5. The summed E-state index contributed by atoms with van der Waals surface area (Å²) in [7, 11) is 0. The van der Waals surface area contributed by atoms with Crippen molar-refractivity contribution in [2.75, 3.05) is 12.5 Å². The maximum atomic E-state index is 12.9. The first-order valence-electron chi connectivity index (χ1n) is 9.10. The lowest BCUT2D eigenvalue weighted by atomic mass is 9.86. The van der Waals surface area contributed by atoms with Crippen LogP contribution in [0.15, 0.2) is 57.7 Å². The standard InChI is InChI=1S/C21H21N3O2S/c1-2-15-5-7-16(8-6-15)18-10-20(25)24-13-23(12-17-4-3-9-26-17)14-27-21(24)19(18)11-22/h3-9,18H,2,10,12-14H2,1H3/t18-/m0/s1. The Hall–Kier alpha value is -2.49. The van der Waals surface area contributed by atoms with Gasteiger partial charge in [-0.1, -0.05) is 43.0 Å². The minimum atomic E-state index is -0.149. The molecule has 2 aliphatic rings. The van der Waals surface area contributed by atoms with Crippen molar-refractivity contribution in [3.05, 3.63) is 70.2 Å². The topological polar surface area (TPSA) is 60.5 Å². The lowest BCUT2D eigenvalue weighted by molar-refractivity contribution is -0.132. The maximum Gasteiger partial charge on any atom is 0.229 e. The van der Waals surface area contributed by atoms with E-state index in [9.17, 15) is 10.1 Å². The third-order valence-corrected chi connectivity index (χ3v) is 6.31. The second-order valence-electron chi connectivity index (χ2n) is 6.83. The van der Waals surface area contributed by atoms with Gasteiger partial charge in [0.1, 0.15) is 5.76 Å². The molecule has 1 saturated heterocycles. The number of hydrogen-bond donors (Lipinski definition) is 0. The van der Waals surface area contributed by atoms with E-state index >= 15 is 0 Å². The van der Waals surface area contributed by atoms with E-state index in [1.54, 1.807) is 22.9 Å². The van der Waals surface area contributed by atoms with Crippen LogP contribution in [0.3, 0.4) is 0 Å². The fraction of sp³-hybridized carbons (Fsp3) is 0.333. The number of amides is 1. The van der Waals surface area contributed by atoms with Crippen LogP contribution in [-0.4, -0.2) is 28.3 Å². The Kier molecular flexibility index (Phi) is 5.06. The summed E-state index contributed by atoms with van der Waals surface area (Å²) in [4.78, 5) is 16.8. The van der Waals surface area contributed by atoms with Crippen LogP contribution in [0, 0.1) is 11.3 Å². The van der Waals surface area contributed by atoms with E-state index in [1.165, 1.54) is 5.56 Å². The number of carbonyl (C=O) groups is 1. The normalized spacial score (nSPS) is 20.5. The molecule has 2 aliphatic heterocycles. The average molecular weight is 379 g/mol. The van der Waals surface area contributed by atoms with E-state index in [0.717, 1.165) is 28.7 Å². The summed E-state index contributed by atoms with van der Waals surface area (Å²) < 4.78 is 5.42. The monoisotopic (exact) mass is 379 g/mol. The summed E-state index contributed by atoms with van der Waals surface area (Å²) in [6, 6.07) is 14.5. The van der Waals surface area contributed by atoms with Crippen molar-refractivity contribution in [2.45, 2.75) is 32.2 Å². The molecule has 2 aromatic rings. The number of carbonyl (C=O) groups excluding carboxylic acids is 1. The highest BCUT2D eigenvalue weighted by atomic mass is 32.2. The molecular formula is C21H21N3O2S. The van der Waals surface area contributed by atoms with E-state index in [2.05, 4.69) is 42.2 Å². The molecule has 0 aliphatic carbocycles. The highest BCUT2D eigenvalue weighted by Gasteiger charge is 2.38. The smallest absolute Gasteiger partial charge is 0.229 e. The summed E-state index contributed by atoms with van der Waals surface area (Å²) in [5.41, 5.74) is 3.01. The lowest BCUT2D eigenvalue weighted by Crippen LogP contribution is -2.46. The molecule has 1 aromatic heterocycles. The Bertz CT molecular complexity index is 897. The van der Waals surface area contributed by atoms with Gasteiger partial charge in [-0.25, -0.2) is 0 Å². The second kappa shape index (κ2) is 7.63. The van der Waals surface area contributed by atoms with E-state index in [-0.39, 0.29) is 11.8 Å². The van der Waals surface area contributed by atoms with Gasteiger partial charge in [0.15, 0.2) is 0 Å². The van der Waals surface area contributed by atoms with Crippen LogP contribution in [-0.2, 0) is 17.8 Å². The number of fused-ring (bicyclic) bond motifs is 1. The third kappa shape index (κ3) is 3.53. The van der Waals surface area contributed by atoms with E-state index in [1.807, 2.05) is 12.1 Å². The zero-order valence-electron chi connectivity index (χ0n) is 15.2. The van der Waals surface area contributed by atoms with Crippen LogP contribution in [0.5, 0.6) is 0 Å². The fourth-order valence-electron chi connectivity index (χ4n) is 3.60. The number of thioether (sulfide) groups is 1. The summed E-state index contributed by atoms with van der Waals surface area (Å²) in [5, 5.41) is 10.6. The van der Waals surface area contributed by atoms with Crippen molar-refractivity contribution in [2.24, 2.45) is 0 Å². The minimum Gasteiger partial charge on any atom is -0.468 e. The van der Waals surface area contributed by atoms with Gasteiger partial charge in [0.2, 0.25) is 5.91 Å². The fourth-order valence-corrected chi connectivity index (χ4v) is 4.74. The molecule has 27 heavy (non-hydrogen) atoms. The first-order chi connectivity index (χ1) is 13.2. The molecule has 138 valence electrons. The van der Waals surface area contributed by atoms with Gasteiger partial charge in [-0.3, -0.25) is 14.6 Å². The molecule has 1 aromatic carbocycles. The molecule has 1 fully saturated rings. The van der Waals surface area contributed by atoms with Gasteiger partial charge in [0, 0.05) is 12.3 Å². The van der Waals surface area contributed by atoms with Crippen LogP contribution < -0.4 is 0 Å². The van der Waals surface area contributed by atoms with Crippen molar-refractivity contribution >= 4 is 17.7 Å². The molecule has 0 spiro atoms. The Labute approximate surface area is 163 Å². The van der Waals surface area contributed by atoms with Gasteiger partial charge in [-0.15, -0.1) is 0 Å². The van der Waals surface area contributed by atoms with Gasteiger partial charge in [-0.2, -0.15) is 5.26 Å². The quantitative estimate of drug-likeness (QED) is 0.802. The summed E-state index contributed by atoms with van der Waals surface area (Å²) in [5.74, 6) is 1.53. The SMILES string of the molecule is CCc1ccc([C@@H]2CC(=O)N3CN(Cc4ccco4)CSC3=C2C#N)cc1. The number of benzene rings is 1. The molecule has 4 rings (SSSR count). The number of nitriles is 1. The highest BCUT2D eigenvalue weighted by Crippen LogP contribution is 2.42. The van der Waals surface area contributed by atoms with Gasteiger partial charge in [0.05, 0.1) is 42.0 Å². The van der Waals surface area contributed by atoms with Crippen LogP contribution in [0.25, 0.3) is 0 Å². The number of furan rings is 1.